The van der Waals surface area contributed by atoms with Gasteiger partial charge in [-0.25, -0.2) is 9.19 Å². The van der Waals surface area contributed by atoms with E-state index in [1.54, 1.807) is 29.3 Å². The molecular formula is C8H13N3O2S3. The van der Waals surface area contributed by atoms with Crippen LogP contribution in [0.4, 0.5) is 0 Å². The Balaban J connectivity index is 2.10. The first-order chi connectivity index (χ1) is 7.74. The van der Waals surface area contributed by atoms with Crippen molar-refractivity contribution in [3.05, 3.63) is 16.6 Å². The molecule has 0 spiro atoms. The lowest BCUT2D eigenvalue weighted by Crippen LogP contribution is -2.29. The molecule has 1 aromatic heterocycles. The number of rotatable bonds is 5. The van der Waals surface area contributed by atoms with Gasteiger partial charge in [-0.15, -0.1) is 11.3 Å². The number of aliphatic imine (C=N–C) groups is 1. The number of amidine groups is 1. The van der Waals surface area contributed by atoms with E-state index in [0.717, 1.165) is 16.5 Å². The first kappa shape index (κ1) is 13.6. The quantitative estimate of drug-likeness (QED) is 0.366. The molecule has 8 heteroatoms. The zero-order valence-electron chi connectivity index (χ0n) is 8.75. The van der Waals surface area contributed by atoms with Crippen molar-refractivity contribution in [2.45, 2.75) is 5.75 Å². The molecule has 2 N–H and O–H groups in total. The first-order valence-corrected chi connectivity index (χ1v) is 7.65. The minimum atomic E-state index is -2.02. The van der Waals surface area contributed by atoms with E-state index in [9.17, 15) is 4.21 Å². The molecule has 1 atom stereocenters. The van der Waals surface area contributed by atoms with Crippen molar-refractivity contribution in [1.29, 1.82) is 0 Å². The van der Waals surface area contributed by atoms with Crippen LogP contribution in [-0.4, -0.2) is 38.3 Å². The Labute approximate surface area is 105 Å². The SMILES string of the molecule is CN=C(NCCSCc1nccs1)S(=O)O. The van der Waals surface area contributed by atoms with Crippen LogP contribution in [0.2, 0.25) is 0 Å². The molecular weight excluding hydrogens is 266 g/mol. The number of thiazole rings is 1. The van der Waals surface area contributed by atoms with Crippen LogP contribution in [0.25, 0.3) is 0 Å². The van der Waals surface area contributed by atoms with Gasteiger partial charge in [0.25, 0.3) is 0 Å². The summed E-state index contributed by atoms with van der Waals surface area (Å²) in [6, 6.07) is 0. The Morgan fingerprint density at radius 1 is 1.81 bits per heavy atom. The predicted octanol–water partition coefficient (Wildman–Crippen LogP) is 1.17. The summed E-state index contributed by atoms with van der Waals surface area (Å²) in [4.78, 5) is 7.83. The van der Waals surface area contributed by atoms with E-state index >= 15 is 0 Å². The summed E-state index contributed by atoms with van der Waals surface area (Å²) in [5.74, 6) is 1.72. The minimum Gasteiger partial charge on any atom is -0.360 e. The molecule has 0 fully saturated rings. The molecule has 0 amide bonds. The molecule has 0 aliphatic heterocycles. The van der Waals surface area contributed by atoms with Crippen molar-refractivity contribution >= 4 is 39.3 Å². The fraction of sp³-hybridized carbons (Fsp3) is 0.500. The fourth-order valence-electron chi connectivity index (χ4n) is 0.933. The highest BCUT2D eigenvalue weighted by Crippen LogP contribution is 2.13. The summed E-state index contributed by atoms with van der Waals surface area (Å²) >= 11 is 1.34. The summed E-state index contributed by atoms with van der Waals surface area (Å²) in [6.07, 6.45) is 1.79. The molecule has 0 saturated heterocycles. The standard InChI is InChI=1S/C8H13N3O2S3/c1-9-8(16(12)13)11-2-4-14-6-7-10-3-5-15-7/h3,5H,2,4,6H2,1H3,(H,9,11)(H,12,13). The summed E-state index contributed by atoms with van der Waals surface area (Å²) in [7, 11) is 1.49. The maximum atomic E-state index is 10.7. The van der Waals surface area contributed by atoms with E-state index in [1.807, 2.05) is 5.38 Å². The average molecular weight is 279 g/mol. The van der Waals surface area contributed by atoms with Gasteiger partial charge in [0.05, 0.1) is 0 Å². The highest BCUT2D eigenvalue weighted by atomic mass is 32.2. The topological polar surface area (TPSA) is 74.6 Å². The van der Waals surface area contributed by atoms with Gasteiger partial charge in [0.2, 0.25) is 16.2 Å². The highest BCUT2D eigenvalue weighted by Gasteiger charge is 2.03. The third-order valence-corrected chi connectivity index (χ3v) is 4.19. The van der Waals surface area contributed by atoms with Gasteiger partial charge >= 0.3 is 0 Å². The number of aromatic nitrogens is 1. The van der Waals surface area contributed by atoms with Crippen molar-refractivity contribution in [2.75, 3.05) is 19.3 Å². The Kier molecular flexibility index (Phi) is 6.62. The lowest BCUT2D eigenvalue weighted by atomic mass is 10.7. The van der Waals surface area contributed by atoms with Gasteiger partial charge in [0, 0.05) is 36.7 Å². The number of nitrogens with zero attached hydrogens (tertiary/aromatic N) is 2. The number of hydrogen-bond donors (Lipinski definition) is 2. The second-order valence-corrected chi connectivity index (χ2v) is 5.65. The Bertz CT molecular complexity index is 353. The van der Waals surface area contributed by atoms with Crippen molar-refractivity contribution in [3.8, 4) is 0 Å². The van der Waals surface area contributed by atoms with E-state index in [-0.39, 0.29) is 5.17 Å². The van der Waals surface area contributed by atoms with E-state index in [0.29, 0.717) is 6.54 Å². The van der Waals surface area contributed by atoms with E-state index < -0.39 is 11.1 Å². The van der Waals surface area contributed by atoms with Gasteiger partial charge in [-0.2, -0.15) is 11.8 Å². The number of hydrogen-bond acceptors (Lipinski definition) is 5. The van der Waals surface area contributed by atoms with Crippen LogP contribution in [0, 0.1) is 0 Å². The summed E-state index contributed by atoms with van der Waals surface area (Å²) in [6.45, 7) is 0.620. The zero-order chi connectivity index (χ0) is 11.8. The molecule has 0 aliphatic rings. The smallest absolute Gasteiger partial charge is 0.222 e. The van der Waals surface area contributed by atoms with Crippen molar-refractivity contribution in [1.82, 2.24) is 10.3 Å². The van der Waals surface area contributed by atoms with Crippen molar-refractivity contribution in [3.63, 3.8) is 0 Å². The maximum Gasteiger partial charge on any atom is 0.222 e. The van der Waals surface area contributed by atoms with Crippen LogP contribution >= 0.6 is 23.1 Å². The first-order valence-electron chi connectivity index (χ1n) is 4.51. The van der Waals surface area contributed by atoms with Crippen LogP contribution in [-0.2, 0) is 16.8 Å². The Morgan fingerprint density at radius 3 is 3.19 bits per heavy atom. The second-order valence-electron chi connectivity index (χ2n) is 2.68. The van der Waals surface area contributed by atoms with Crippen LogP contribution in [0.1, 0.15) is 5.01 Å². The fourth-order valence-corrected chi connectivity index (χ4v) is 2.88. The van der Waals surface area contributed by atoms with Crippen LogP contribution in [0.15, 0.2) is 16.6 Å². The van der Waals surface area contributed by atoms with Gasteiger partial charge in [0.1, 0.15) is 5.01 Å². The Hall–Kier alpha value is -0.440. The third kappa shape index (κ3) is 5.06. The number of thioether (sulfide) groups is 1. The van der Waals surface area contributed by atoms with E-state index in [1.165, 1.54) is 7.05 Å². The van der Waals surface area contributed by atoms with Gasteiger partial charge in [-0.3, -0.25) is 9.55 Å². The molecule has 1 unspecified atom stereocenters. The molecule has 1 heterocycles. The molecule has 1 aromatic rings. The molecule has 0 radical (unpaired) electrons. The molecule has 0 aromatic carbocycles. The highest BCUT2D eigenvalue weighted by molar-refractivity contribution is 7.98. The number of nitrogens with one attached hydrogen (secondary N) is 1. The van der Waals surface area contributed by atoms with E-state index in [2.05, 4.69) is 15.3 Å². The van der Waals surface area contributed by atoms with Crippen LogP contribution in [0.3, 0.4) is 0 Å². The predicted molar refractivity (Wildman–Crippen MR) is 70.4 cm³/mol. The minimum absolute atomic E-state index is 0.120. The molecule has 1 rings (SSSR count). The Morgan fingerprint density at radius 2 is 2.62 bits per heavy atom. The van der Waals surface area contributed by atoms with Gasteiger partial charge in [-0.1, -0.05) is 0 Å². The largest absolute Gasteiger partial charge is 0.360 e. The van der Waals surface area contributed by atoms with E-state index in [4.69, 9.17) is 4.55 Å². The van der Waals surface area contributed by atoms with Gasteiger partial charge in [-0.05, 0) is 0 Å². The van der Waals surface area contributed by atoms with Gasteiger partial charge < -0.3 is 5.32 Å². The zero-order valence-corrected chi connectivity index (χ0v) is 11.2. The molecule has 0 aliphatic carbocycles. The maximum absolute atomic E-state index is 10.7. The molecule has 0 bridgehead atoms. The summed E-state index contributed by atoms with van der Waals surface area (Å²) in [5, 5.41) is 5.98. The molecule has 90 valence electrons. The summed E-state index contributed by atoms with van der Waals surface area (Å²) in [5.41, 5.74) is 0. The summed E-state index contributed by atoms with van der Waals surface area (Å²) < 4.78 is 19.5. The lowest BCUT2D eigenvalue weighted by Gasteiger charge is -2.04. The lowest BCUT2D eigenvalue weighted by molar-refractivity contribution is 0.575. The molecule has 16 heavy (non-hydrogen) atoms. The molecule has 5 nitrogen and oxygen atoms in total. The van der Waals surface area contributed by atoms with Crippen LogP contribution < -0.4 is 5.32 Å². The monoisotopic (exact) mass is 279 g/mol. The average Bonchev–Trinajstić information content (AvgIpc) is 2.75. The normalized spacial score (nSPS) is 13.8. The van der Waals surface area contributed by atoms with Gasteiger partial charge in [0.15, 0.2) is 0 Å². The van der Waals surface area contributed by atoms with Crippen molar-refractivity contribution < 1.29 is 8.76 Å². The second kappa shape index (κ2) is 7.77. The van der Waals surface area contributed by atoms with Crippen LogP contribution in [0.5, 0.6) is 0 Å². The molecule has 0 saturated carbocycles. The third-order valence-electron chi connectivity index (χ3n) is 1.60. The van der Waals surface area contributed by atoms with Crippen molar-refractivity contribution in [2.24, 2.45) is 4.99 Å².